The molecule has 0 fully saturated rings. The van der Waals surface area contributed by atoms with E-state index in [1.165, 1.54) is 10.5 Å². The number of ether oxygens (including phenoxy) is 1. The van der Waals surface area contributed by atoms with Gasteiger partial charge in [0.25, 0.3) is 5.91 Å². The summed E-state index contributed by atoms with van der Waals surface area (Å²) in [6, 6.07) is 13.4. The van der Waals surface area contributed by atoms with Crippen LogP contribution in [0.5, 0.6) is 5.75 Å². The molecule has 1 amide bonds. The Balaban J connectivity index is 1.95. The van der Waals surface area contributed by atoms with Crippen LogP contribution in [0.2, 0.25) is 0 Å². The molecule has 0 saturated heterocycles. The van der Waals surface area contributed by atoms with Crippen LogP contribution in [0.15, 0.2) is 42.5 Å². The predicted octanol–water partition coefficient (Wildman–Crippen LogP) is 2.40. The summed E-state index contributed by atoms with van der Waals surface area (Å²) in [4.78, 5) is 20.9. The zero-order valence-corrected chi connectivity index (χ0v) is 16.4. The van der Waals surface area contributed by atoms with Gasteiger partial charge in [-0.1, -0.05) is 17.4 Å². The van der Waals surface area contributed by atoms with E-state index in [0.29, 0.717) is 12.1 Å². The van der Waals surface area contributed by atoms with Crippen molar-refractivity contribution < 1.29 is 14.4 Å². The molecule has 1 heterocycles. The van der Waals surface area contributed by atoms with E-state index in [0.717, 1.165) is 27.6 Å². The van der Waals surface area contributed by atoms with E-state index in [2.05, 4.69) is 27.1 Å². The lowest BCUT2D eigenvalue weighted by Gasteiger charge is -2.20. The van der Waals surface area contributed by atoms with Gasteiger partial charge in [-0.05, 0) is 48.9 Å². The fourth-order valence-electron chi connectivity index (χ4n) is 2.64. The van der Waals surface area contributed by atoms with Crippen LogP contribution in [0.1, 0.15) is 15.9 Å². The molecule has 0 saturated carbocycles. The van der Waals surface area contributed by atoms with Crippen LogP contribution in [-0.4, -0.2) is 45.2 Å². The van der Waals surface area contributed by atoms with E-state index < -0.39 is 0 Å². The predicted molar refractivity (Wildman–Crippen MR) is 107 cm³/mol. The van der Waals surface area contributed by atoms with Gasteiger partial charge in [-0.2, -0.15) is 0 Å². The molecular formula is C20H24N3O2S+. The van der Waals surface area contributed by atoms with Gasteiger partial charge in [0, 0.05) is 5.56 Å². The minimum Gasteiger partial charge on any atom is -0.497 e. The highest BCUT2D eigenvalue weighted by Gasteiger charge is 2.22. The van der Waals surface area contributed by atoms with Crippen molar-refractivity contribution >= 4 is 32.6 Å². The molecule has 0 radical (unpaired) electrons. The number of hydrogen-bond acceptors (Lipinski definition) is 4. The lowest BCUT2D eigenvalue weighted by atomic mass is 10.2. The van der Waals surface area contributed by atoms with Crippen LogP contribution in [0.4, 0.5) is 5.13 Å². The summed E-state index contributed by atoms with van der Waals surface area (Å²) in [7, 11) is 5.78. The van der Waals surface area contributed by atoms with Gasteiger partial charge in [-0.15, -0.1) is 0 Å². The monoisotopic (exact) mass is 370 g/mol. The normalized spacial score (nSPS) is 11.1. The Morgan fingerprint density at radius 3 is 2.58 bits per heavy atom. The minimum atomic E-state index is -0.0373. The highest BCUT2D eigenvalue weighted by atomic mass is 32.1. The number of anilines is 1. The SMILES string of the molecule is COc1ccc(C(=O)N(CC[NH+](C)C)c2nc3ccc(C)cc3s2)cc1. The second kappa shape index (κ2) is 7.85. The van der Waals surface area contributed by atoms with Gasteiger partial charge in [-0.3, -0.25) is 9.69 Å². The first-order chi connectivity index (χ1) is 12.5. The number of nitrogens with one attached hydrogen (secondary N) is 1. The van der Waals surface area contributed by atoms with Crippen LogP contribution >= 0.6 is 11.3 Å². The van der Waals surface area contributed by atoms with Gasteiger partial charge in [0.15, 0.2) is 5.13 Å². The molecule has 0 spiro atoms. The molecule has 6 heteroatoms. The van der Waals surface area contributed by atoms with Gasteiger partial charge >= 0.3 is 0 Å². The standard InChI is InChI=1S/C20H23N3O2S/c1-14-5-10-17-18(13-14)26-20(21-17)23(12-11-22(2)3)19(24)15-6-8-16(25-4)9-7-15/h5-10,13H,11-12H2,1-4H3/p+1. The largest absolute Gasteiger partial charge is 0.497 e. The number of aryl methyl sites for hydroxylation is 1. The Bertz CT molecular complexity index is 903. The lowest BCUT2D eigenvalue weighted by molar-refractivity contribution is -0.856. The first kappa shape index (κ1) is 18.4. The van der Waals surface area contributed by atoms with Crippen molar-refractivity contribution in [1.29, 1.82) is 0 Å². The second-order valence-electron chi connectivity index (χ2n) is 6.61. The molecule has 26 heavy (non-hydrogen) atoms. The van der Waals surface area contributed by atoms with Crippen LogP contribution in [-0.2, 0) is 0 Å². The van der Waals surface area contributed by atoms with Crippen molar-refractivity contribution in [3.8, 4) is 5.75 Å². The summed E-state index contributed by atoms with van der Waals surface area (Å²) in [5.74, 6) is 0.700. The van der Waals surface area contributed by atoms with Crippen LogP contribution in [0.25, 0.3) is 10.2 Å². The molecule has 0 bridgehead atoms. The van der Waals surface area contributed by atoms with Crippen LogP contribution < -0.4 is 14.5 Å². The number of methoxy groups -OCH3 is 1. The number of benzene rings is 2. The Kier molecular flexibility index (Phi) is 5.54. The molecule has 5 nitrogen and oxygen atoms in total. The molecule has 136 valence electrons. The topological polar surface area (TPSA) is 46.9 Å². The fraction of sp³-hybridized carbons (Fsp3) is 0.300. The van der Waals surface area contributed by atoms with Crippen molar-refractivity contribution in [2.24, 2.45) is 0 Å². The van der Waals surface area contributed by atoms with Crippen molar-refractivity contribution in [3.63, 3.8) is 0 Å². The van der Waals surface area contributed by atoms with Gasteiger partial charge in [0.2, 0.25) is 0 Å². The van der Waals surface area contributed by atoms with E-state index in [-0.39, 0.29) is 5.91 Å². The molecule has 0 aliphatic heterocycles. The zero-order chi connectivity index (χ0) is 18.7. The molecule has 0 atom stereocenters. The number of rotatable bonds is 6. The lowest BCUT2D eigenvalue weighted by Crippen LogP contribution is -3.06. The maximum absolute atomic E-state index is 13.1. The Morgan fingerprint density at radius 2 is 1.92 bits per heavy atom. The minimum absolute atomic E-state index is 0.0373. The number of aromatic nitrogens is 1. The molecule has 0 aliphatic carbocycles. The molecule has 1 aromatic heterocycles. The van der Waals surface area contributed by atoms with E-state index in [1.807, 2.05) is 24.3 Å². The van der Waals surface area contributed by atoms with Gasteiger partial charge in [0.05, 0.1) is 44.5 Å². The Labute approximate surface area is 157 Å². The fourth-order valence-corrected chi connectivity index (χ4v) is 3.73. The Hall–Kier alpha value is -2.44. The van der Waals surface area contributed by atoms with E-state index in [1.54, 1.807) is 35.5 Å². The summed E-state index contributed by atoms with van der Waals surface area (Å²) < 4.78 is 6.29. The summed E-state index contributed by atoms with van der Waals surface area (Å²) in [5, 5.41) is 0.743. The molecule has 1 N–H and O–H groups in total. The summed E-state index contributed by atoms with van der Waals surface area (Å²) in [6.07, 6.45) is 0. The number of likely N-dealkylation sites (N-methyl/N-ethyl adjacent to an activating group) is 1. The molecule has 0 unspecified atom stereocenters. The van der Waals surface area contributed by atoms with Gasteiger partial charge in [0.1, 0.15) is 5.75 Å². The van der Waals surface area contributed by atoms with E-state index in [4.69, 9.17) is 9.72 Å². The number of fused-ring (bicyclic) bond motifs is 1. The maximum Gasteiger partial charge on any atom is 0.260 e. The number of quaternary nitrogens is 1. The van der Waals surface area contributed by atoms with Crippen molar-refractivity contribution in [2.75, 3.05) is 39.2 Å². The summed E-state index contributed by atoms with van der Waals surface area (Å²) in [5.41, 5.74) is 2.76. The van der Waals surface area contributed by atoms with Crippen LogP contribution in [0.3, 0.4) is 0 Å². The highest BCUT2D eigenvalue weighted by molar-refractivity contribution is 7.22. The molecular weight excluding hydrogens is 346 g/mol. The molecule has 3 aromatic rings. The van der Waals surface area contributed by atoms with Crippen LogP contribution in [0, 0.1) is 6.92 Å². The second-order valence-corrected chi connectivity index (χ2v) is 7.62. The number of nitrogens with zero attached hydrogens (tertiary/aromatic N) is 2. The molecule has 2 aromatic carbocycles. The van der Waals surface area contributed by atoms with E-state index >= 15 is 0 Å². The third-order valence-electron chi connectivity index (χ3n) is 4.18. The zero-order valence-electron chi connectivity index (χ0n) is 15.6. The number of carbonyl (C=O) groups is 1. The quantitative estimate of drug-likeness (QED) is 0.725. The number of thiazole rings is 1. The first-order valence-electron chi connectivity index (χ1n) is 8.60. The van der Waals surface area contributed by atoms with Crippen molar-refractivity contribution in [1.82, 2.24) is 4.98 Å². The van der Waals surface area contributed by atoms with Crippen molar-refractivity contribution in [2.45, 2.75) is 6.92 Å². The summed E-state index contributed by atoms with van der Waals surface area (Å²) >= 11 is 1.56. The van der Waals surface area contributed by atoms with E-state index in [9.17, 15) is 4.79 Å². The Morgan fingerprint density at radius 1 is 1.19 bits per heavy atom. The smallest absolute Gasteiger partial charge is 0.260 e. The molecule has 3 rings (SSSR count). The van der Waals surface area contributed by atoms with Gasteiger partial charge < -0.3 is 9.64 Å². The third kappa shape index (κ3) is 4.03. The van der Waals surface area contributed by atoms with Crippen molar-refractivity contribution in [3.05, 3.63) is 53.6 Å². The van der Waals surface area contributed by atoms with Gasteiger partial charge in [-0.25, -0.2) is 4.98 Å². The molecule has 0 aliphatic rings. The number of hydrogen-bond donors (Lipinski definition) is 1. The average molecular weight is 370 g/mol. The highest BCUT2D eigenvalue weighted by Crippen LogP contribution is 2.30. The summed E-state index contributed by atoms with van der Waals surface area (Å²) in [6.45, 7) is 3.53. The number of amides is 1. The average Bonchev–Trinajstić information content (AvgIpc) is 3.04. The first-order valence-corrected chi connectivity index (χ1v) is 9.41. The number of carbonyl (C=O) groups excluding carboxylic acids is 1. The third-order valence-corrected chi connectivity index (χ3v) is 5.22. The maximum atomic E-state index is 13.1.